The van der Waals surface area contributed by atoms with Crippen LogP contribution in [0.25, 0.3) is 0 Å². The molecule has 0 atom stereocenters. The summed E-state index contributed by atoms with van der Waals surface area (Å²) in [5, 5.41) is 4.57. The van der Waals surface area contributed by atoms with Crippen LogP contribution in [-0.2, 0) is 11.3 Å². The molecule has 0 unspecified atom stereocenters. The normalized spacial score (nSPS) is 17.4. The summed E-state index contributed by atoms with van der Waals surface area (Å²) < 4.78 is 1.97. The molecule has 0 aromatic carbocycles. The molecule has 0 spiro atoms. The van der Waals surface area contributed by atoms with Crippen LogP contribution in [0.3, 0.4) is 0 Å². The molecule has 1 aromatic heterocycles. The summed E-state index contributed by atoms with van der Waals surface area (Å²) in [6.07, 6.45) is 4.12. The molecule has 1 amide bonds. The Balaban J connectivity index is 1.92. The maximum absolute atomic E-state index is 11.9. The highest BCUT2D eigenvalue weighted by Gasteiger charge is 2.26. The molecule has 2 rings (SSSR count). The van der Waals surface area contributed by atoms with Gasteiger partial charge in [-0.15, -0.1) is 0 Å². The van der Waals surface area contributed by atoms with Gasteiger partial charge >= 0.3 is 0 Å². The van der Waals surface area contributed by atoms with Gasteiger partial charge in [0.25, 0.3) is 0 Å². The quantitative estimate of drug-likeness (QED) is 0.824. The van der Waals surface area contributed by atoms with Crippen molar-refractivity contribution in [3.05, 3.63) is 18.0 Å². The highest BCUT2D eigenvalue weighted by Crippen LogP contribution is 2.27. The Labute approximate surface area is 109 Å². The average Bonchev–Trinajstić information content (AvgIpc) is 2.86. The number of amides is 1. The topological polar surface area (TPSA) is 38.1 Å². The molecule has 18 heavy (non-hydrogen) atoms. The lowest BCUT2D eigenvalue weighted by Crippen LogP contribution is -2.40. The number of rotatable bonds is 3. The van der Waals surface area contributed by atoms with E-state index < -0.39 is 0 Å². The summed E-state index contributed by atoms with van der Waals surface area (Å²) in [5.74, 6) is 0.919. The molecule has 4 heteroatoms. The van der Waals surface area contributed by atoms with E-state index in [1.807, 2.05) is 29.6 Å². The first-order valence-corrected chi connectivity index (χ1v) is 6.94. The first-order chi connectivity index (χ1) is 8.61. The van der Waals surface area contributed by atoms with E-state index in [0.29, 0.717) is 5.92 Å². The predicted octanol–water partition coefficient (Wildman–Crippen LogP) is 2.27. The fourth-order valence-electron chi connectivity index (χ4n) is 2.53. The third-order valence-corrected chi connectivity index (χ3v) is 3.70. The third-order valence-electron chi connectivity index (χ3n) is 3.70. The van der Waals surface area contributed by atoms with Gasteiger partial charge in [0.1, 0.15) is 0 Å². The van der Waals surface area contributed by atoms with Gasteiger partial charge in [-0.05, 0) is 25.8 Å². The molecule has 0 aliphatic carbocycles. The Morgan fingerprint density at radius 3 is 2.61 bits per heavy atom. The summed E-state index contributed by atoms with van der Waals surface area (Å²) in [5.41, 5.74) is 1.19. The van der Waals surface area contributed by atoms with E-state index in [0.717, 1.165) is 32.5 Å². The largest absolute Gasteiger partial charge is 0.342 e. The monoisotopic (exact) mass is 249 g/mol. The minimum atomic E-state index is 0.112. The summed E-state index contributed by atoms with van der Waals surface area (Å²) >= 11 is 0. The fraction of sp³-hybridized carbons (Fsp3) is 0.714. The molecule has 2 heterocycles. The maximum Gasteiger partial charge on any atom is 0.225 e. The average molecular weight is 249 g/mol. The van der Waals surface area contributed by atoms with Crippen LogP contribution < -0.4 is 0 Å². The molecule has 1 aliphatic heterocycles. The van der Waals surface area contributed by atoms with Gasteiger partial charge in [-0.3, -0.25) is 9.48 Å². The van der Waals surface area contributed by atoms with Crippen LogP contribution in [0.4, 0.5) is 0 Å². The second-order valence-corrected chi connectivity index (χ2v) is 5.35. The summed E-state index contributed by atoms with van der Waals surface area (Å²) in [4.78, 5) is 13.9. The Kier molecular flexibility index (Phi) is 4.04. The Hall–Kier alpha value is -1.32. The van der Waals surface area contributed by atoms with E-state index in [1.165, 1.54) is 5.69 Å². The standard InChI is InChI=1S/C14H23N3O/c1-4-17-10-7-13(15-17)12-5-8-16(9-6-12)14(18)11(2)3/h7,10-12H,4-6,8-9H2,1-3H3. The van der Waals surface area contributed by atoms with Crippen LogP contribution in [0.15, 0.2) is 12.3 Å². The second kappa shape index (κ2) is 5.55. The molecule has 1 fully saturated rings. The summed E-state index contributed by atoms with van der Waals surface area (Å²) in [6, 6.07) is 2.12. The molecule has 100 valence electrons. The smallest absolute Gasteiger partial charge is 0.225 e. The lowest BCUT2D eigenvalue weighted by molar-refractivity contribution is -0.135. The Morgan fingerprint density at radius 2 is 2.11 bits per heavy atom. The first-order valence-electron chi connectivity index (χ1n) is 6.94. The van der Waals surface area contributed by atoms with Gasteiger partial charge in [0.05, 0.1) is 5.69 Å². The number of aryl methyl sites for hydroxylation is 1. The Bertz CT molecular complexity index is 403. The zero-order chi connectivity index (χ0) is 13.1. The number of carbonyl (C=O) groups is 1. The molecule has 0 saturated carbocycles. The fourth-order valence-corrected chi connectivity index (χ4v) is 2.53. The van der Waals surface area contributed by atoms with Crippen molar-refractivity contribution in [3.63, 3.8) is 0 Å². The van der Waals surface area contributed by atoms with Crippen molar-refractivity contribution in [1.29, 1.82) is 0 Å². The number of carbonyl (C=O) groups excluding carboxylic acids is 1. The number of aromatic nitrogens is 2. The highest BCUT2D eigenvalue weighted by atomic mass is 16.2. The Morgan fingerprint density at radius 1 is 1.44 bits per heavy atom. The van der Waals surface area contributed by atoms with Gasteiger partial charge in [0, 0.05) is 37.7 Å². The lowest BCUT2D eigenvalue weighted by Gasteiger charge is -2.32. The van der Waals surface area contributed by atoms with Crippen LogP contribution in [0.2, 0.25) is 0 Å². The van der Waals surface area contributed by atoms with Gasteiger partial charge in [0.15, 0.2) is 0 Å². The van der Waals surface area contributed by atoms with E-state index in [4.69, 9.17) is 0 Å². The zero-order valence-electron chi connectivity index (χ0n) is 11.6. The SMILES string of the molecule is CCn1ccc(C2CCN(C(=O)C(C)C)CC2)n1. The first kappa shape index (κ1) is 13.1. The number of likely N-dealkylation sites (tertiary alicyclic amines) is 1. The van der Waals surface area contributed by atoms with Gasteiger partial charge in [-0.1, -0.05) is 13.8 Å². The van der Waals surface area contributed by atoms with Crippen molar-refractivity contribution in [2.24, 2.45) is 5.92 Å². The van der Waals surface area contributed by atoms with Crippen LogP contribution in [0.1, 0.15) is 45.2 Å². The molecule has 1 aliphatic rings. The molecule has 0 N–H and O–H groups in total. The maximum atomic E-state index is 11.9. The summed E-state index contributed by atoms with van der Waals surface area (Å²) in [6.45, 7) is 8.71. The highest BCUT2D eigenvalue weighted by molar-refractivity contribution is 5.78. The van der Waals surface area contributed by atoms with Crippen LogP contribution in [0.5, 0.6) is 0 Å². The number of piperidine rings is 1. The number of hydrogen-bond donors (Lipinski definition) is 0. The van der Waals surface area contributed by atoms with Crippen molar-refractivity contribution in [3.8, 4) is 0 Å². The molecular formula is C14H23N3O. The van der Waals surface area contributed by atoms with E-state index >= 15 is 0 Å². The van der Waals surface area contributed by atoms with E-state index in [1.54, 1.807) is 0 Å². The summed E-state index contributed by atoms with van der Waals surface area (Å²) in [7, 11) is 0. The van der Waals surface area contributed by atoms with Crippen molar-refractivity contribution in [2.75, 3.05) is 13.1 Å². The van der Waals surface area contributed by atoms with Crippen molar-refractivity contribution in [1.82, 2.24) is 14.7 Å². The van der Waals surface area contributed by atoms with Gasteiger partial charge < -0.3 is 4.90 Å². The minimum Gasteiger partial charge on any atom is -0.342 e. The molecule has 1 saturated heterocycles. The molecule has 4 nitrogen and oxygen atoms in total. The third kappa shape index (κ3) is 2.74. The van der Waals surface area contributed by atoms with Crippen LogP contribution >= 0.6 is 0 Å². The van der Waals surface area contributed by atoms with Gasteiger partial charge in [-0.2, -0.15) is 5.10 Å². The lowest BCUT2D eigenvalue weighted by atomic mass is 9.93. The molecule has 0 radical (unpaired) electrons. The van der Waals surface area contributed by atoms with E-state index in [9.17, 15) is 4.79 Å². The van der Waals surface area contributed by atoms with Crippen molar-refractivity contribution >= 4 is 5.91 Å². The van der Waals surface area contributed by atoms with E-state index in [2.05, 4.69) is 18.1 Å². The second-order valence-electron chi connectivity index (χ2n) is 5.35. The van der Waals surface area contributed by atoms with Crippen molar-refractivity contribution in [2.45, 2.75) is 46.1 Å². The number of nitrogens with zero attached hydrogens (tertiary/aromatic N) is 3. The minimum absolute atomic E-state index is 0.112. The zero-order valence-corrected chi connectivity index (χ0v) is 11.6. The molecule has 1 aromatic rings. The molecular weight excluding hydrogens is 226 g/mol. The van der Waals surface area contributed by atoms with Crippen LogP contribution in [-0.4, -0.2) is 33.7 Å². The van der Waals surface area contributed by atoms with Crippen LogP contribution in [0, 0.1) is 5.92 Å². The van der Waals surface area contributed by atoms with Gasteiger partial charge in [-0.25, -0.2) is 0 Å². The number of hydrogen-bond acceptors (Lipinski definition) is 2. The van der Waals surface area contributed by atoms with Gasteiger partial charge in [0.2, 0.25) is 5.91 Å². The van der Waals surface area contributed by atoms with E-state index in [-0.39, 0.29) is 11.8 Å². The molecule has 0 bridgehead atoms. The van der Waals surface area contributed by atoms with Crippen molar-refractivity contribution < 1.29 is 4.79 Å². The predicted molar refractivity (Wildman–Crippen MR) is 71.3 cm³/mol.